The normalized spacial score (nSPS) is 14.2. The van der Waals surface area contributed by atoms with Crippen LogP contribution < -0.4 is 5.73 Å². The van der Waals surface area contributed by atoms with Crippen LogP contribution in [0.3, 0.4) is 0 Å². The summed E-state index contributed by atoms with van der Waals surface area (Å²) in [5.41, 5.74) is 4.95. The third-order valence-corrected chi connectivity index (χ3v) is 2.25. The van der Waals surface area contributed by atoms with E-state index in [1.165, 1.54) is 0 Å². The number of nitrogens with two attached hydrogens (primary N) is 1. The van der Waals surface area contributed by atoms with Crippen LogP contribution in [-0.4, -0.2) is 45.7 Å². The molecule has 0 radical (unpaired) electrons. The Kier molecular flexibility index (Phi) is 10.1. The molecule has 1 unspecified atom stereocenters. The second-order valence-electron chi connectivity index (χ2n) is 4.20. The van der Waals surface area contributed by atoms with E-state index in [4.69, 9.17) is 25.2 Å². The highest BCUT2D eigenvalue weighted by molar-refractivity contribution is 5.00. The zero-order valence-electron chi connectivity index (χ0n) is 10.9. The van der Waals surface area contributed by atoms with Crippen molar-refractivity contribution in [3.05, 3.63) is 0 Å². The monoisotopic (exact) mass is 244 g/mol. The Balaban J connectivity index is 3.12. The Bertz CT molecular complexity index is 214. The van der Waals surface area contributed by atoms with Crippen molar-refractivity contribution in [2.45, 2.75) is 31.7 Å². The molecule has 0 aromatic heterocycles. The van der Waals surface area contributed by atoms with Crippen LogP contribution in [-0.2, 0) is 14.2 Å². The number of methoxy groups -OCH3 is 1. The predicted molar refractivity (Wildman–Crippen MR) is 65.6 cm³/mol. The van der Waals surface area contributed by atoms with Gasteiger partial charge in [0.1, 0.15) is 5.54 Å². The first-order valence-electron chi connectivity index (χ1n) is 5.97. The summed E-state index contributed by atoms with van der Waals surface area (Å²) in [7, 11) is 1.65. The largest absolute Gasteiger partial charge is 0.382 e. The summed E-state index contributed by atoms with van der Waals surface area (Å²) >= 11 is 0. The molecule has 5 nitrogen and oxygen atoms in total. The van der Waals surface area contributed by atoms with Gasteiger partial charge in [0.25, 0.3) is 0 Å². The maximum absolute atomic E-state index is 8.69. The first-order chi connectivity index (χ1) is 8.12. The molecule has 0 aliphatic heterocycles. The summed E-state index contributed by atoms with van der Waals surface area (Å²) in [5, 5.41) is 8.69. The highest BCUT2D eigenvalue weighted by Crippen LogP contribution is 2.06. The van der Waals surface area contributed by atoms with E-state index in [1.807, 2.05) is 0 Å². The van der Waals surface area contributed by atoms with Crippen LogP contribution >= 0.6 is 0 Å². The van der Waals surface area contributed by atoms with Crippen molar-refractivity contribution in [2.24, 2.45) is 5.73 Å². The second kappa shape index (κ2) is 10.5. The van der Waals surface area contributed by atoms with Crippen LogP contribution in [0, 0.1) is 11.3 Å². The van der Waals surface area contributed by atoms with Gasteiger partial charge in [-0.25, -0.2) is 0 Å². The van der Waals surface area contributed by atoms with Gasteiger partial charge in [-0.3, -0.25) is 0 Å². The van der Waals surface area contributed by atoms with Crippen LogP contribution in [0.15, 0.2) is 0 Å². The number of nitrogens with zero attached hydrogens (tertiary/aromatic N) is 1. The third-order valence-electron chi connectivity index (χ3n) is 2.25. The van der Waals surface area contributed by atoms with Crippen molar-refractivity contribution in [1.29, 1.82) is 5.26 Å². The second-order valence-corrected chi connectivity index (χ2v) is 4.20. The molecule has 17 heavy (non-hydrogen) atoms. The molecular formula is C12H24N2O3. The smallest absolute Gasteiger partial charge is 0.101 e. The number of ether oxygens (including phenoxy) is 3. The lowest BCUT2D eigenvalue weighted by molar-refractivity contribution is 0.0505. The Morgan fingerprint density at radius 3 is 2.24 bits per heavy atom. The standard InChI is InChI=1S/C12H24N2O3/c1-12(14,11-13)5-3-6-16-7-4-8-17-10-9-15-2/h3-10,14H2,1-2H3. The van der Waals surface area contributed by atoms with E-state index < -0.39 is 5.54 Å². The van der Waals surface area contributed by atoms with Gasteiger partial charge in [-0.15, -0.1) is 0 Å². The van der Waals surface area contributed by atoms with Gasteiger partial charge in [0.05, 0.1) is 19.3 Å². The fourth-order valence-corrected chi connectivity index (χ4v) is 1.21. The lowest BCUT2D eigenvalue weighted by atomic mass is 10.00. The quantitative estimate of drug-likeness (QED) is 0.550. The number of rotatable bonds is 11. The van der Waals surface area contributed by atoms with E-state index in [1.54, 1.807) is 14.0 Å². The summed E-state index contributed by atoms with van der Waals surface area (Å²) in [4.78, 5) is 0. The van der Waals surface area contributed by atoms with E-state index >= 15 is 0 Å². The molecule has 0 aromatic rings. The average molecular weight is 244 g/mol. The number of nitriles is 1. The lowest BCUT2D eigenvalue weighted by Crippen LogP contribution is -2.34. The van der Waals surface area contributed by atoms with Gasteiger partial charge in [-0.1, -0.05) is 0 Å². The van der Waals surface area contributed by atoms with Crippen molar-refractivity contribution in [3.63, 3.8) is 0 Å². The van der Waals surface area contributed by atoms with Gasteiger partial charge in [0.2, 0.25) is 0 Å². The zero-order chi connectivity index (χ0) is 13.0. The van der Waals surface area contributed by atoms with Crippen LogP contribution in [0.1, 0.15) is 26.2 Å². The number of hydrogen-bond donors (Lipinski definition) is 1. The molecule has 1 atom stereocenters. The lowest BCUT2D eigenvalue weighted by Gasteiger charge is -2.14. The molecule has 0 aliphatic rings. The summed E-state index contributed by atoms with van der Waals surface area (Å²) in [6.07, 6.45) is 2.35. The average Bonchev–Trinajstić information content (AvgIpc) is 2.31. The van der Waals surface area contributed by atoms with Crippen LogP contribution in [0.5, 0.6) is 0 Å². The summed E-state index contributed by atoms with van der Waals surface area (Å²) in [6, 6.07) is 2.06. The Morgan fingerprint density at radius 1 is 1.06 bits per heavy atom. The zero-order valence-corrected chi connectivity index (χ0v) is 10.9. The molecular weight excluding hydrogens is 220 g/mol. The molecule has 2 N–H and O–H groups in total. The van der Waals surface area contributed by atoms with Gasteiger partial charge < -0.3 is 19.9 Å². The molecule has 0 rings (SSSR count). The van der Waals surface area contributed by atoms with Crippen LogP contribution in [0.2, 0.25) is 0 Å². The van der Waals surface area contributed by atoms with Crippen LogP contribution in [0.25, 0.3) is 0 Å². The van der Waals surface area contributed by atoms with Gasteiger partial charge in [-0.2, -0.15) is 5.26 Å². The maximum Gasteiger partial charge on any atom is 0.101 e. The van der Waals surface area contributed by atoms with Crippen molar-refractivity contribution >= 4 is 0 Å². The maximum atomic E-state index is 8.69. The van der Waals surface area contributed by atoms with Gasteiger partial charge >= 0.3 is 0 Å². The third kappa shape index (κ3) is 11.6. The molecule has 0 amide bonds. The summed E-state index contributed by atoms with van der Waals surface area (Å²) in [5.74, 6) is 0. The number of hydrogen-bond acceptors (Lipinski definition) is 5. The molecule has 0 saturated heterocycles. The molecule has 0 heterocycles. The minimum absolute atomic E-state index is 0.629. The van der Waals surface area contributed by atoms with Crippen LogP contribution in [0.4, 0.5) is 0 Å². The fourth-order valence-electron chi connectivity index (χ4n) is 1.21. The van der Waals surface area contributed by atoms with E-state index in [0.717, 1.165) is 12.8 Å². The molecule has 5 heteroatoms. The van der Waals surface area contributed by atoms with E-state index in [9.17, 15) is 0 Å². The molecule has 0 fully saturated rings. The summed E-state index contributed by atoms with van der Waals surface area (Å²) in [6.45, 7) is 5.01. The molecule has 0 bridgehead atoms. The SMILES string of the molecule is COCCOCCCOCCCC(C)(N)C#N. The first kappa shape index (κ1) is 16.3. The predicted octanol–water partition coefficient (Wildman–Crippen LogP) is 1.08. The summed E-state index contributed by atoms with van der Waals surface area (Å²) < 4.78 is 15.5. The molecule has 0 saturated carbocycles. The minimum atomic E-state index is -0.730. The van der Waals surface area contributed by atoms with Crippen molar-refractivity contribution in [3.8, 4) is 6.07 Å². The van der Waals surface area contributed by atoms with E-state index in [-0.39, 0.29) is 0 Å². The molecule has 0 spiro atoms. The van der Waals surface area contributed by atoms with Crippen molar-refractivity contribution < 1.29 is 14.2 Å². The highest BCUT2D eigenvalue weighted by Gasteiger charge is 2.15. The molecule has 0 aliphatic carbocycles. The Morgan fingerprint density at radius 2 is 1.65 bits per heavy atom. The highest BCUT2D eigenvalue weighted by atomic mass is 16.5. The van der Waals surface area contributed by atoms with E-state index in [0.29, 0.717) is 39.5 Å². The fraction of sp³-hybridized carbons (Fsp3) is 0.917. The van der Waals surface area contributed by atoms with Gasteiger partial charge in [-0.05, 0) is 26.2 Å². The van der Waals surface area contributed by atoms with Crippen molar-refractivity contribution in [2.75, 3.05) is 40.1 Å². The van der Waals surface area contributed by atoms with E-state index in [2.05, 4.69) is 6.07 Å². The topological polar surface area (TPSA) is 77.5 Å². The minimum Gasteiger partial charge on any atom is -0.382 e. The first-order valence-corrected chi connectivity index (χ1v) is 5.97. The van der Waals surface area contributed by atoms with Gasteiger partial charge in [0.15, 0.2) is 0 Å². The molecule has 0 aromatic carbocycles. The Labute approximate surface area is 104 Å². The molecule has 100 valence electrons. The van der Waals surface area contributed by atoms with Crippen molar-refractivity contribution in [1.82, 2.24) is 0 Å². The van der Waals surface area contributed by atoms with Gasteiger partial charge in [0, 0.05) is 26.9 Å². The Hall–Kier alpha value is -0.670.